The van der Waals surface area contributed by atoms with Gasteiger partial charge in [-0.15, -0.1) is 11.3 Å². The van der Waals surface area contributed by atoms with Crippen molar-refractivity contribution in [3.8, 4) is 0 Å². The number of nitrogens with zero attached hydrogens (tertiary/aromatic N) is 3. The quantitative estimate of drug-likeness (QED) is 0.776. The number of nitrogens with two attached hydrogens (primary N) is 1. The van der Waals surface area contributed by atoms with Gasteiger partial charge in [0.15, 0.2) is 5.13 Å². The van der Waals surface area contributed by atoms with E-state index in [1.54, 1.807) is 0 Å². The van der Waals surface area contributed by atoms with Gasteiger partial charge in [0, 0.05) is 22.3 Å². The number of aromatic nitrogens is 3. The Balaban J connectivity index is 2.11. The van der Waals surface area contributed by atoms with E-state index in [2.05, 4.69) is 45.4 Å². The molecule has 0 spiro atoms. The van der Waals surface area contributed by atoms with E-state index >= 15 is 0 Å². The van der Waals surface area contributed by atoms with Crippen molar-refractivity contribution >= 4 is 43.4 Å². The third-order valence-electron chi connectivity index (χ3n) is 3.15. The summed E-state index contributed by atoms with van der Waals surface area (Å²) in [7, 11) is 0. The molecule has 0 bridgehead atoms. The first kappa shape index (κ1) is 13.6. The van der Waals surface area contributed by atoms with Crippen molar-refractivity contribution in [1.82, 2.24) is 14.5 Å². The van der Waals surface area contributed by atoms with Gasteiger partial charge < -0.3 is 10.3 Å². The number of nitrogen functional groups attached to an aromatic ring is 1. The summed E-state index contributed by atoms with van der Waals surface area (Å²) >= 11 is 4.97. The van der Waals surface area contributed by atoms with Crippen LogP contribution in [0.5, 0.6) is 0 Å². The van der Waals surface area contributed by atoms with Gasteiger partial charge in [0.2, 0.25) is 0 Å². The molecule has 3 aromatic rings. The van der Waals surface area contributed by atoms with Crippen LogP contribution in [0.25, 0.3) is 11.0 Å². The second-order valence-corrected chi connectivity index (χ2v) is 6.78. The van der Waals surface area contributed by atoms with E-state index in [0.717, 1.165) is 27.0 Å². The third-order valence-corrected chi connectivity index (χ3v) is 4.37. The van der Waals surface area contributed by atoms with E-state index in [1.807, 2.05) is 17.5 Å². The van der Waals surface area contributed by atoms with Crippen LogP contribution in [-0.4, -0.2) is 14.5 Å². The van der Waals surface area contributed by atoms with Crippen LogP contribution in [0.4, 0.5) is 5.13 Å². The number of hydrogen-bond acceptors (Lipinski definition) is 4. The number of benzene rings is 1. The van der Waals surface area contributed by atoms with Crippen molar-refractivity contribution in [2.75, 3.05) is 5.73 Å². The summed E-state index contributed by atoms with van der Waals surface area (Å²) in [6.07, 6.45) is 0.707. The second kappa shape index (κ2) is 5.18. The highest BCUT2D eigenvalue weighted by molar-refractivity contribution is 9.10. The monoisotopic (exact) mass is 350 g/mol. The summed E-state index contributed by atoms with van der Waals surface area (Å²) in [4.78, 5) is 9.08. The molecule has 0 saturated carbocycles. The summed E-state index contributed by atoms with van der Waals surface area (Å²) in [6, 6.07) is 6.55. The van der Waals surface area contributed by atoms with E-state index in [1.165, 1.54) is 11.3 Å². The molecule has 6 heteroatoms. The maximum absolute atomic E-state index is 5.70. The smallest absolute Gasteiger partial charge is 0.180 e. The Bertz CT molecular complexity index is 760. The van der Waals surface area contributed by atoms with Crippen molar-refractivity contribution in [2.45, 2.75) is 26.3 Å². The lowest BCUT2D eigenvalue weighted by atomic mass is 10.2. The summed E-state index contributed by atoms with van der Waals surface area (Å²) in [5.41, 5.74) is 8.83. The van der Waals surface area contributed by atoms with Gasteiger partial charge in [-0.25, -0.2) is 9.97 Å². The number of rotatable bonds is 3. The molecule has 0 unspecified atom stereocenters. The fourth-order valence-electron chi connectivity index (χ4n) is 2.39. The molecule has 4 nitrogen and oxygen atoms in total. The van der Waals surface area contributed by atoms with Gasteiger partial charge in [0.25, 0.3) is 0 Å². The Labute approximate surface area is 129 Å². The molecule has 0 aliphatic heterocycles. The molecule has 2 aromatic heterocycles. The molecule has 0 saturated heterocycles. The van der Waals surface area contributed by atoms with Gasteiger partial charge in [0.1, 0.15) is 5.82 Å². The van der Waals surface area contributed by atoms with Crippen LogP contribution in [0, 0.1) is 0 Å². The molecule has 0 radical (unpaired) electrons. The largest absolute Gasteiger partial charge is 0.375 e. The van der Waals surface area contributed by atoms with Crippen molar-refractivity contribution in [2.24, 2.45) is 0 Å². The Hall–Kier alpha value is -1.40. The molecular formula is C14H15BrN4S. The number of hydrogen-bond donors (Lipinski definition) is 1. The van der Waals surface area contributed by atoms with E-state index in [4.69, 9.17) is 10.7 Å². The summed E-state index contributed by atoms with van der Waals surface area (Å²) in [6.45, 7) is 4.34. The summed E-state index contributed by atoms with van der Waals surface area (Å²) < 4.78 is 3.31. The van der Waals surface area contributed by atoms with E-state index in [9.17, 15) is 0 Å². The molecule has 1 aromatic carbocycles. The van der Waals surface area contributed by atoms with Crippen LogP contribution in [0.2, 0.25) is 0 Å². The van der Waals surface area contributed by atoms with Crippen LogP contribution >= 0.6 is 27.3 Å². The molecule has 20 heavy (non-hydrogen) atoms. The van der Waals surface area contributed by atoms with Crippen molar-refractivity contribution < 1.29 is 0 Å². The highest BCUT2D eigenvalue weighted by atomic mass is 79.9. The Morgan fingerprint density at radius 1 is 1.35 bits per heavy atom. The first-order valence-electron chi connectivity index (χ1n) is 6.41. The molecular weight excluding hydrogens is 336 g/mol. The molecule has 0 aliphatic carbocycles. The fraction of sp³-hybridized carbons (Fsp3) is 0.286. The zero-order valence-corrected chi connectivity index (χ0v) is 13.7. The molecule has 104 valence electrons. The van der Waals surface area contributed by atoms with Gasteiger partial charge >= 0.3 is 0 Å². The van der Waals surface area contributed by atoms with Crippen LogP contribution < -0.4 is 5.73 Å². The minimum Gasteiger partial charge on any atom is -0.375 e. The topological polar surface area (TPSA) is 56.7 Å². The lowest BCUT2D eigenvalue weighted by Crippen LogP contribution is -2.07. The van der Waals surface area contributed by atoms with E-state index in [0.29, 0.717) is 17.6 Å². The van der Waals surface area contributed by atoms with Gasteiger partial charge in [-0.3, -0.25) is 0 Å². The predicted molar refractivity (Wildman–Crippen MR) is 87.2 cm³/mol. The molecule has 0 atom stereocenters. The van der Waals surface area contributed by atoms with Crippen molar-refractivity contribution in [1.29, 1.82) is 0 Å². The van der Waals surface area contributed by atoms with Gasteiger partial charge in [-0.2, -0.15) is 0 Å². The Morgan fingerprint density at radius 3 is 2.80 bits per heavy atom. The highest BCUT2D eigenvalue weighted by Gasteiger charge is 2.15. The maximum atomic E-state index is 5.70. The minimum atomic E-state index is 0.354. The number of fused-ring (bicyclic) bond motifs is 1. The van der Waals surface area contributed by atoms with Crippen molar-refractivity contribution in [3.63, 3.8) is 0 Å². The zero-order chi connectivity index (χ0) is 14.3. The van der Waals surface area contributed by atoms with Gasteiger partial charge in [0.05, 0.1) is 16.7 Å². The fourth-order valence-corrected chi connectivity index (χ4v) is 3.30. The van der Waals surface area contributed by atoms with Crippen LogP contribution in [0.3, 0.4) is 0 Å². The van der Waals surface area contributed by atoms with Gasteiger partial charge in [-0.1, -0.05) is 15.9 Å². The normalized spacial score (nSPS) is 11.6. The second-order valence-electron chi connectivity index (χ2n) is 4.98. The van der Waals surface area contributed by atoms with Crippen LogP contribution in [0.15, 0.2) is 28.1 Å². The van der Waals surface area contributed by atoms with Gasteiger partial charge in [-0.05, 0) is 32.0 Å². The van der Waals surface area contributed by atoms with Crippen LogP contribution in [0.1, 0.15) is 31.4 Å². The number of imidazole rings is 1. The zero-order valence-electron chi connectivity index (χ0n) is 11.3. The third kappa shape index (κ3) is 2.45. The number of thiazole rings is 1. The predicted octanol–water partition coefficient (Wildman–Crippen LogP) is 4.01. The average Bonchev–Trinajstić information content (AvgIpc) is 2.92. The maximum Gasteiger partial charge on any atom is 0.180 e. The molecule has 0 amide bonds. The van der Waals surface area contributed by atoms with E-state index in [-0.39, 0.29) is 0 Å². The number of halogens is 1. The lowest BCUT2D eigenvalue weighted by Gasteiger charge is -2.12. The van der Waals surface area contributed by atoms with E-state index < -0.39 is 0 Å². The Kier molecular flexibility index (Phi) is 3.52. The average molecular weight is 351 g/mol. The molecule has 0 fully saturated rings. The van der Waals surface area contributed by atoms with Crippen LogP contribution in [-0.2, 0) is 6.42 Å². The molecule has 3 rings (SSSR count). The molecule has 2 N–H and O–H groups in total. The molecule has 0 aliphatic rings. The summed E-state index contributed by atoms with van der Waals surface area (Å²) in [5.74, 6) is 1.03. The first-order valence-corrected chi connectivity index (χ1v) is 8.08. The minimum absolute atomic E-state index is 0.354. The first-order chi connectivity index (χ1) is 9.54. The molecule has 2 heterocycles. The SMILES string of the molecule is CC(C)n1c(Cc2csc(N)n2)nc2cc(Br)ccc21. The highest BCUT2D eigenvalue weighted by Crippen LogP contribution is 2.26. The Morgan fingerprint density at radius 2 is 2.15 bits per heavy atom. The standard InChI is InChI=1S/C14H15BrN4S/c1-8(2)19-12-4-3-9(15)5-11(12)18-13(19)6-10-7-20-14(16)17-10/h3-5,7-8H,6H2,1-2H3,(H2,16,17). The summed E-state index contributed by atoms with van der Waals surface area (Å²) in [5, 5.41) is 2.60. The lowest BCUT2D eigenvalue weighted by molar-refractivity contribution is 0.590. The number of anilines is 1. The van der Waals surface area contributed by atoms with Crippen molar-refractivity contribution in [3.05, 3.63) is 39.6 Å².